The van der Waals surface area contributed by atoms with Gasteiger partial charge < -0.3 is 4.74 Å². The molecule has 0 amide bonds. The van der Waals surface area contributed by atoms with Gasteiger partial charge in [0.25, 0.3) is 0 Å². The van der Waals surface area contributed by atoms with Crippen LogP contribution in [0.2, 0.25) is 0 Å². The Morgan fingerprint density at radius 3 is 2.95 bits per heavy atom. The Bertz CT molecular complexity index is 670. The van der Waals surface area contributed by atoms with Crippen LogP contribution >= 0.6 is 0 Å². The van der Waals surface area contributed by atoms with Crippen molar-refractivity contribution in [2.45, 2.75) is 33.4 Å². The van der Waals surface area contributed by atoms with E-state index in [9.17, 15) is 0 Å². The molecule has 0 aliphatic carbocycles. The summed E-state index contributed by atoms with van der Waals surface area (Å²) in [7, 11) is 1.74. The topological polar surface area (TPSA) is 39.4 Å². The molecule has 106 valence electrons. The van der Waals surface area contributed by atoms with Crippen molar-refractivity contribution in [3.63, 3.8) is 0 Å². The molecule has 0 spiro atoms. The van der Waals surface area contributed by atoms with E-state index in [4.69, 9.17) is 14.8 Å². The molecule has 1 aliphatic heterocycles. The number of benzene rings is 1. The summed E-state index contributed by atoms with van der Waals surface area (Å²) in [6.07, 6.45) is 1.97. The minimum atomic E-state index is 0.0100. The summed E-state index contributed by atoms with van der Waals surface area (Å²) in [5, 5.41) is 5.95. The van der Waals surface area contributed by atoms with Gasteiger partial charge in [0.1, 0.15) is 0 Å². The molecule has 0 saturated heterocycles. The number of aliphatic imine (C=N–C) groups is 1. The summed E-state index contributed by atoms with van der Waals surface area (Å²) in [6, 6.07) is 6.50. The standard InChI is InChI=1S/C16H21N3O/c1-11-6-5-7-12-13-8-17-14(16(2,3)10-20-4)9-19(13)18-15(11)12/h5-8,14H,9-10H2,1-4H3. The monoisotopic (exact) mass is 271 g/mol. The third kappa shape index (κ3) is 2.04. The number of nitrogens with zero attached hydrogens (tertiary/aromatic N) is 3. The molecule has 3 rings (SSSR count). The van der Waals surface area contributed by atoms with Crippen LogP contribution in [0.25, 0.3) is 10.9 Å². The van der Waals surface area contributed by atoms with E-state index < -0.39 is 0 Å². The maximum Gasteiger partial charge on any atom is 0.0959 e. The first-order valence-electron chi connectivity index (χ1n) is 7.01. The van der Waals surface area contributed by atoms with Gasteiger partial charge in [-0.05, 0) is 12.5 Å². The van der Waals surface area contributed by atoms with Gasteiger partial charge in [-0.2, -0.15) is 5.10 Å². The predicted octanol–water partition coefficient (Wildman–Crippen LogP) is 2.82. The Morgan fingerprint density at radius 1 is 1.40 bits per heavy atom. The average molecular weight is 271 g/mol. The van der Waals surface area contributed by atoms with Crippen molar-refractivity contribution >= 4 is 17.1 Å². The lowest BCUT2D eigenvalue weighted by Crippen LogP contribution is -2.38. The van der Waals surface area contributed by atoms with E-state index in [1.807, 2.05) is 6.21 Å². The fraction of sp³-hybridized carbons (Fsp3) is 0.500. The van der Waals surface area contributed by atoms with Crippen molar-refractivity contribution in [3.8, 4) is 0 Å². The first kappa shape index (κ1) is 13.3. The van der Waals surface area contributed by atoms with Crippen LogP contribution in [0.5, 0.6) is 0 Å². The van der Waals surface area contributed by atoms with Crippen molar-refractivity contribution < 1.29 is 4.74 Å². The van der Waals surface area contributed by atoms with Crippen LogP contribution in [0.3, 0.4) is 0 Å². The molecule has 1 aromatic carbocycles. The molecule has 1 aliphatic rings. The van der Waals surface area contributed by atoms with Gasteiger partial charge >= 0.3 is 0 Å². The number of hydrogen-bond acceptors (Lipinski definition) is 3. The number of rotatable bonds is 3. The highest BCUT2D eigenvalue weighted by Gasteiger charge is 2.32. The lowest BCUT2D eigenvalue weighted by Gasteiger charge is -2.32. The Labute approximate surface area is 119 Å². The third-order valence-corrected chi connectivity index (χ3v) is 4.15. The van der Waals surface area contributed by atoms with Crippen LogP contribution in [-0.2, 0) is 11.3 Å². The Hall–Kier alpha value is -1.68. The number of aryl methyl sites for hydroxylation is 1. The van der Waals surface area contributed by atoms with Gasteiger partial charge in [0.05, 0.1) is 30.4 Å². The van der Waals surface area contributed by atoms with Gasteiger partial charge in [0.15, 0.2) is 0 Å². The molecule has 2 heterocycles. The van der Waals surface area contributed by atoms with Crippen LogP contribution in [0.4, 0.5) is 0 Å². The zero-order valence-electron chi connectivity index (χ0n) is 12.6. The van der Waals surface area contributed by atoms with E-state index >= 15 is 0 Å². The van der Waals surface area contributed by atoms with Crippen molar-refractivity contribution in [2.24, 2.45) is 10.4 Å². The number of hydrogen-bond donors (Lipinski definition) is 0. The molecule has 0 saturated carbocycles. The summed E-state index contributed by atoms with van der Waals surface area (Å²) in [6.45, 7) is 8.00. The molecular formula is C16H21N3O. The second-order valence-electron chi connectivity index (χ2n) is 6.25. The maximum atomic E-state index is 5.32. The molecule has 1 unspecified atom stereocenters. The molecule has 0 bridgehead atoms. The molecule has 1 aromatic heterocycles. The third-order valence-electron chi connectivity index (χ3n) is 4.15. The summed E-state index contributed by atoms with van der Waals surface area (Å²) < 4.78 is 7.41. The smallest absolute Gasteiger partial charge is 0.0959 e. The van der Waals surface area contributed by atoms with E-state index in [2.05, 4.69) is 43.7 Å². The van der Waals surface area contributed by atoms with Crippen LogP contribution in [-0.4, -0.2) is 35.8 Å². The highest BCUT2D eigenvalue weighted by atomic mass is 16.5. The van der Waals surface area contributed by atoms with Crippen LogP contribution < -0.4 is 0 Å². The van der Waals surface area contributed by atoms with Gasteiger partial charge in [0.2, 0.25) is 0 Å². The van der Waals surface area contributed by atoms with Gasteiger partial charge in [0, 0.05) is 24.1 Å². The fourth-order valence-corrected chi connectivity index (χ4v) is 2.88. The van der Waals surface area contributed by atoms with Gasteiger partial charge in [-0.3, -0.25) is 9.67 Å². The van der Waals surface area contributed by atoms with Crippen molar-refractivity contribution in [1.82, 2.24) is 9.78 Å². The van der Waals surface area contributed by atoms with E-state index in [-0.39, 0.29) is 11.5 Å². The Morgan fingerprint density at radius 2 is 2.20 bits per heavy atom. The minimum absolute atomic E-state index is 0.0100. The van der Waals surface area contributed by atoms with Crippen molar-refractivity contribution in [3.05, 3.63) is 29.5 Å². The summed E-state index contributed by atoms with van der Waals surface area (Å²) in [5.74, 6) is 0. The Balaban J connectivity index is 2.01. The lowest BCUT2D eigenvalue weighted by atomic mass is 9.85. The van der Waals surface area contributed by atoms with Crippen LogP contribution in [0.1, 0.15) is 25.1 Å². The number of methoxy groups -OCH3 is 1. The van der Waals surface area contributed by atoms with Crippen molar-refractivity contribution in [2.75, 3.05) is 13.7 Å². The summed E-state index contributed by atoms with van der Waals surface area (Å²) >= 11 is 0. The highest BCUT2D eigenvalue weighted by Crippen LogP contribution is 2.30. The van der Waals surface area contributed by atoms with E-state index in [1.54, 1.807) is 7.11 Å². The average Bonchev–Trinajstić information content (AvgIpc) is 2.78. The van der Waals surface area contributed by atoms with E-state index in [0.29, 0.717) is 6.61 Å². The molecule has 0 fully saturated rings. The molecule has 4 nitrogen and oxygen atoms in total. The molecular weight excluding hydrogens is 250 g/mol. The molecule has 0 radical (unpaired) electrons. The zero-order chi connectivity index (χ0) is 14.3. The molecule has 20 heavy (non-hydrogen) atoms. The molecule has 1 atom stereocenters. The molecule has 4 heteroatoms. The molecule has 0 N–H and O–H groups in total. The van der Waals surface area contributed by atoms with Gasteiger partial charge in [-0.25, -0.2) is 0 Å². The van der Waals surface area contributed by atoms with E-state index in [1.165, 1.54) is 10.9 Å². The van der Waals surface area contributed by atoms with Gasteiger partial charge in [-0.15, -0.1) is 0 Å². The summed E-state index contributed by atoms with van der Waals surface area (Å²) in [4.78, 5) is 4.75. The lowest BCUT2D eigenvalue weighted by molar-refractivity contribution is 0.0798. The zero-order valence-corrected chi connectivity index (χ0v) is 12.6. The van der Waals surface area contributed by atoms with Crippen LogP contribution in [0, 0.1) is 12.3 Å². The van der Waals surface area contributed by atoms with Crippen molar-refractivity contribution in [1.29, 1.82) is 0 Å². The maximum absolute atomic E-state index is 5.32. The van der Waals surface area contributed by atoms with Crippen LogP contribution in [0.15, 0.2) is 23.2 Å². The predicted molar refractivity (Wildman–Crippen MR) is 81.5 cm³/mol. The number of fused-ring (bicyclic) bond motifs is 3. The second kappa shape index (κ2) is 4.70. The Kier molecular flexibility index (Phi) is 3.13. The first-order chi connectivity index (χ1) is 9.53. The molecule has 2 aromatic rings. The SMILES string of the molecule is COCC(C)(C)C1Cn2nc3c(C)cccc3c2C=N1. The summed E-state index contributed by atoms with van der Waals surface area (Å²) in [5.41, 5.74) is 3.42. The minimum Gasteiger partial charge on any atom is -0.384 e. The normalized spacial score (nSPS) is 18.5. The first-order valence-corrected chi connectivity index (χ1v) is 7.01. The fourth-order valence-electron chi connectivity index (χ4n) is 2.88. The number of ether oxygens (including phenoxy) is 1. The highest BCUT2D eigenvalue weighted by molar-refractivity contribution is 5.98. The van der Waals surface area contributed by atoms with Gasteiger partial charge in [-0.1, -0.05) is 32.0 Å². The second-order valence-corrected chi connectivity index (χ2v) is 6.25. The largest absolute Gasteiger partial charge is 0.384 e. The quantitative estimate of drug-likeness (QED) is 0.861. The number of aromatic nitrogens is 2. The van der Waals surface area contributed by atoms with E-state index in [0.717, 1.165) is 17.8 Å².